The number of oxazole rings is 2. The van der Waals surface area contributed by atoms with Gasteiger partial charge in [0.25, 0.3) is 5.89 Å². The Balaban J connectivity index is 2.17. The first kappa shape index (κ1) is 57.3. The number of carbonyl (C=O) groups excluding carboxylic acids is 7. The Bertz CT molecular complexity index is 2010. The van der Waals surface area contributed by atoms with Gasteiger partial charge in [-0.15, -0.1) is 0 Å². The van der Waals surface area contributed by atoms with Crippen molar-refractivity contribution in [3.05, 3.63) is 60.7 Å². The maximum Gasteiger partial charge on any atom is 0.330 e. The van der Waals surface area contributed by atoms with E-state index in [0.29, 0.717) is 12.8 Å². The molecular weight excluding hydrogens is 877 g/mol. The lowest BCUT2D eigenvalue weighted by atomic mass is 9.84. The number of methoxy groups -OCH3 is 4. The van der Waals surface area contributed by atoms with Gasteiger partial charge in [-0.1, -0.05) is 52.8 Å². The van der Waals surface area contributed by atoms with Crippen LogP contribution in [0.5, 0.6) is 0 Å². The number of hydrogen-bond donors (Lipinski definition) is 2. The molecule has 0 bridgehead atoms. The van der Waals surface area contributed by atoms with E-state index >= 15 is 0 Å². The average molecular weight is 945 g/mol. The highest BCUT2D eigenvalue weighted by atomic mass is 16.6. The lowest BCUT2D eigenvalue weighted by Crippen LogP contribution is -2.39. The number of primary amides is 1. The van der Waals surface area contributed by atoms with Gasteiger partial charge in [0.2, 0.25) is 12.3 Å². The summed E-state index contributed by atoms with van der Waals surface area (Å²) >= 11 is 0. The zero-order valence-corrected chi connectivity index (χ0v) is 40.3. The molecule has 20 heteroatoms. The number of ether oxygens (including phenoxy) is 6. The predicted octanol–water partition coefficient (Wildman–Crippen LogP) is 4.90. The fourth-order valence-corrected chi connectivity index (χ4v) is 7.27. The number of aliphatic hydroxyl groups is 1. The highest BCUT2D eigenvalue weighted by Crippen LogP contribution is 2.31. The van der Waals surface area contributed by atoms with Crippen molar-refractivity contribution >= 4 is 41.8 Å². The quantitative estimate of drug-likeness (QED) is 0.0427. The van der Waals surface area contributed by atoms with Crippen LogP contribution in [0.4, 0.5) is 0 Å². The molecule has 372 valence electrons. The molecule has 0 aliphatic carbocycles. The minimum atomic E-state index is -1.22. The van der Waals surface area contributed by atoms with Crippen LogP contribution in [-0.4, -0.2) is 128 Å². The van der Waals surface area contributed by atoms with Crippen LogP contribution in [0.3, 0.4) is 0 Å². The Morgan fingerprint density at radius 3 is 2.10 bits per heavy atom. The molecule has 2 amide bonds. The van der Waals surface area contributed by atoms with E-state index in [1.54, 1.807) is 40.0 Å². The molecule has 11 atom stereocenters. The molecule has 2 rings (SSSR count). The number of nitrogens with two attached hydrogens (primary N) is 1. The van der Waals surface area contributed by atoms with Gasteiger partial charge in [0, 0.05) is 72.3 Å². The summed E-state index contributed by atoms with van der Waals surface area (Å²) in [6.07, 6.45) is 7.63. The van der Waals surface area contributed by atoms with Crippen molar-refractivity contribution < 1.29 is 75.9 Å². The molecule has 2 heterocycles. The summed E-state index contributed by atoms with van der Waals surface area (Å²) in [4.78, 5) is 95.9. The third kappa shape index (κ3) is 18.8. The van der Waals surface area contributed by atoms with Crippen LogP contribution in [-0.2, 0) is 57.2 Å². The second-order valence-electron chi connectivity index (χ2n) is 16.5. The highest BCUT2D eigenvalue weighted by molar-refractivity contribution is 5.92. The molecule has 2 aromatic rings. The van der Waals surface area contributed by atoms with Crippen LogP contribution in [0.1, 0.15) is 103 Å². The van der Waals surface area contributed by atoms with Crippen molar-refractivity contribution in [3.63, 3.8) is 0 Å². The minimum absolute atomic E-state index is 0.0154. The fraction of sp³-hybridized carbons (Fsp3) is 0.596. The van der Waals surface area contributed by atoms with Gasteiger partial charge >= 0.3 is 23.8 Å². The van der Waals surface area contributed by atoms with Gasteiger partial charge < -0.3 is 53.0 Å². The molecule has 0 aliphatic heterocycles. The Labute approximate surface area is 391 Å². The molecule has 0 spiro atoms. The number of esters is 3. The summed E-state index contributed by atoms with van der Waals surface area (Å²) in [5.41, 5.74) is 5.58. The number of aromatic nitrogens is 2. The average Bonchev–Trinajstić information content (AvgIpc) is 4.00. The minimum Gasteiger partial charge on any atom is -0.466 e. The molecule has 0 saturated heterocycles. The monoisotopic (exact) mass is 944 g/mol. The first-order valence-corrected chi connectivity index (χ1v) is 21.9. The number of Topliss-reactive ketones (excluding diaryl/α,β-unsaturated/α-hetero) is 1. The topological polar surface area (TPSA) is 276 Å². The van der Waals surface area contributed by atoms with E-state index < -0.39 is 84.6 Å². The van der Waals surface area contributed by atoms with E-state index in [-0.39, 0.29) is 72.3 Å². The number of allylic oxidation sites excluding steroid dienone is 1. The van der Waals surface area contributed by atoms with E-state index in [0.717, 1.165) is 6.26 Å². The number of amides is 2. The Morgan fingerprint density at radius 1 is 0.851 bits per heavy atom. The molecule has 0 aliphatic rings. The summed E-state index contributed by atoms with van der Waals surface area (Å²) in [6, 6.07) is 0. The van der Waals surface area contributed by atoms with Crippen molar-refractivity contribution in [2.45, 2.75) is 117 Å². The van der Waals surface area contributed by atoms with Crippen molar-refractivity contribution in [2.75, 3.05) is 35.5 Å². The van der Waals surface area contributed by atoms with Crippen LogP contribution in [0, 0.1) is 29.6 Å². The smallest absolute Gasteiger partial charge is 0.330 e. The molecule has 0 aromatic carbocycles. The molecule has 0 radical (unpaired) electrons. The molecule has 0 saturated carbocycles. The van der Waals surface area contributed by atoms with Crippen molar-refractivity contribution in [1.29, 1.82) is 0 Å². The summed E-state index contributed by atoms with van der Waals surface area (Å²) in [6.45, 7) is 10.1. The van der Waals surface area contributed by atoms with Gasteiger partial charge in [0.05, 0.1) is 43.7 Å². The largest absolute Gasteiger partial charge is 0.466 e. The van der Waals surface area contributed by atoms with Crippen molar-refractivity contribution in [2.24, 2.45) is 35.3 Å². The van der Waals surface area contributed by atoms with Crippen LogP contribution >= 0.6 is 0 Å². The molecule has 0 unspecified atom stereocenters. The molecular formula is C47H68N4O16. The Kier molecular flexibility index (Phi) is 24.8. The first-order chi connectivity index (χ1) is 31.7. The summed E-state index contributed by atoms with van der Waals surface area (Å²) < 4.78 is 44.0. The normalized spacial score (nSPS) is 16.8. The summed E-state index contributed by atoms with van der Waals surface area (Å²) in [5, 5.41) is 10.9. The van der Waals surface area contributed by atoms with E-state index in [9.17, 15) is 38.7 Å². The van der Waals surface area contributed by atoms with Crippen LogP contribution in [0.15, 0.2) is 57.9 Å². The fourth-order valence-electron chi connectivity index (χ4n) is 7.27. The standard InChI is InChI=1S/C47H68N4O16/c1-27(18-19-37(56)29(3)43(66-32(6)53)28(2)20-21-51(7)26-52)39(61-9)23-40(31(5)38(60-8)16-13-17-41(57)62-10)67-42(58)22-33(54)14-12-15-36(55)30(4)44(63-11)34-24-64-46(49-34)35-25-65-47(50-35)45(48)59/h12-13,15,17,20-21,24-31,33,38-40,43-44,54H,14,16,18-19,22-23H2,1-11H3,(H2,48,59)/b15-12+,17-13+,21-20+/t27-,28+,29-,30-,31+,33-,38-,39-,40-,43+,44-/m0/s1. The van der Waals surface area contributed by atoms with Gasteiger partial charge in [-0.25, -0.2) is 9.78 Å². The summed E-state index contributed by atoms with van der Waals surface area (Å²) in [7, 11) is 7.22. The van der Waals surface area contributed by atoms with Crippen LogP contribution in [0.25, 0.3) is 11.6 Å². The Morgan fingerprint density at radius 2 is 1.52 bits per heavy atom. The molecule has 2 aromatic heterocycles. The summed E-state index contributed by atoms with van der Waals surface area (Å²) in [5.74, 6) is -6.01. The van der Waals surface area contributed by atoms with Crippen LogP contribution < -0.4 is 5.73 Å². The van der Waals surface area contributed by atoms with E-state index in [1.807, 2.05) is 13.8 Å². The number of aliphatic hydroxyl groups excluding tert-OH is 1. The van der Waals surface area contributed by atoms with Gasteiger partial charge in [0.15, 0.2) is 11.5 Å². The number of rotatable bonds is 32. The van der Waals surface area contributed by atoms with Gasteiger partial charge in [0.1, 0.15) is 42.3 Å². The molecule has 3 N–H and O–H groups in total. The van der Waals surface area contributed by atoms with Gasteiger partial charge in [-0.2, -0.15) is 4.98 Å². The second kappa shape index (κ2) is 29.0. The SMILES string of the molecule is COC(=O)/C=C/C[C@H](OC)[C@@H](C)[C@H](C[C@H](OC)[C@@H](C)CCC(=O)[C@H](C)[C@H](OC(C)=O)[C@H](C)/C=C/N(C)C=O)OC(=O)C[C@@H](O)C/C=C/C(=O)[C@H](C)[C@H](OC)c1coc(-c2coc(C(N)=O)n2)n1. The van der Waals surface area contributed by atoms with E-state index in [4.69, 9.17) is 43.0 Å². The predicted molar refractivity (Wildman–Crippen MR) is 240 cm³/mol. The molecule has 67 heavy (non-hydrogen) atoms. The molecule has 20 nitrogen and oxygen atoms in total. The Hall–Kier alpha value is -5.83. The van der Waals surface area contributed by atoms with Crippen molar-refractivity contribution in [1.82, 2.24) is 14.9 Å². The second-order valence-corrected chi connectivity index (χ2v) is 16.5. The van der Waals surface area contributed by atoms with Gasteiger partial charge in [-0.3, -0.25) is 28.8 Å². The maximum absolute atomic E-state index is 13.5. The first-order valence-electron chi connectivity index (χ1n) is 21.9. The number of nitrogens with zero attached hydrogens (tertiary/aromatic N) is 3. The van der Waals surface area contributed by atoms with Gasteiger partial charge in [-0.05, 0) is 31.3 Å². The lowest BCUT2D eigenvalue weighted by molar-refractivity contribution is -0.159. The third-order valence-electron chi connectivity index (χ3n) is 11.4. The zero-order valence-electron chi connectivity index (χ0n) is 40.3. The zero-order chi connectivity index (χ0) is 50.4. The third-order valence-corrected chi connectivity index (χ3v) is 11.4. The molecule has 0 fully saturated rings. The maximum atomic E-state index is 13.5. The van der Waals surface area contributed by atoms with Crippen molar-refractivity contribution in [3.8, 4) is 11.6 Å². The number of hydrogen-bond acceptors (Lipinski definition) is 18. The lowest BCUT2D eigenvalue weighted by Gasteiger charge is -2.34. The van der Waals surface area contributed by atoms with E-state index in [2.05, 4.69) is 9.97 Å². The highest BCUT2D eigenvalue weighted by Gasteiger charge is 2.35. The van der Waals surface area contributed by atoms with E-state index in [1.165, 1.54) is 71.0 Å². The number of carbonyl (C=O) groups is 7. The van der Waals surface area contributed by atoms with Crippen LogP contribution in [0.2, 0.25) is 0 Å². The number of ketones is 2.